The van der Waals surface area contributed by atoms with Crippen LogP contribution in [0.25, 0.3) is 0 Å². The number of aliphatic carboxylic acids is 1. The number of carboxylic acid groups (broad SMARTS) is 1. The van der Waals surface area contributed by atoms with E-state index < -0.39 is 14.0 Å². The Morgan fingerprint density at radius 3 is 1.64 bits per heavy atom. The van der Waals surface area contributed by atoms with Gasteiger partial charge in [0, 0.05) is 5.97 Å². The Balaban J connectivity index is 4.16. The van der Waals surface area contributed by atoms with Crippen molar-refractivity contribution < 1.29 is 9.90 Å². The van der Waals surface area contributed by atoms with Crippen molar-refractivity contribution in [1.29, 1.82) is 0 Å². The van der Waals surface area contributed by atoms with E-state index in [0.717, 1.165) is 18.1 Å². The molecule has 0 aliphatic heterocycles. The van der Waals surface area contributed by atoms with Crippen LogP contribution in [0.3, 0.4) is 0 Å². The molecule has 0 fully saturated rings. The molecule has 0 aromatic heterocycles. The van der Waals surface area contributed by atoms with E-state index in [0.29, 0.717) is 6.04 Å². The highest BCUT2D eigenvalue weighted by Gasteiger charge is 2.26. The molecule has 0 N–H and O–H groups in total. The fourth-order valence-electron chi connectivity index (χ4n) is 1.43. The van der Waals surface area contributed by atoms with Crippen molar-refractivity contribution in [2.45, 2.75) is 44.9 Å². The second-order valence-electron chi connectivity index (χ2n) is 3.11. The molecule has 0 unspecified atom stereocenters. The van der Waals surface area contributed by atoms with E-state index in [2.05, 4.69) is 20.8 Å². The van der Waals surface area contributed by atoms with Gasteiger partial charge in [0.25, 0.3) is 0 Å². The minimum atomic E-state index is -1.44. The average molecular weight is 173 g/mol. The van der Waals surface area contributed by atoms with Gasteiger partial charge >= 0.3 is 0 Å². The van der Waals surface area contributed by atoms with Crippen LogP contribution in [0.4, 0.5) is 0 Å². The molecule has 0 aliphatic rings. The molecule has 0 saturated heterocycles. The Morgan fingerprint density at radius 1 is 1.18 bits per heavy atom. The predicted molar refractivity (Wildman–Crippen MR) is 47.0 cm³/mol. The third-order valence-electron chi connectivity index (χ3n) is 2.77. The van der Waals surface area contributed by atoms with Gasteiger partial charge in [-0.05, 0) is 6.04 Å². The van der Waals surface area contributed by atoms with Crippen LogP contribution in [-0.2, 0) is 4.79 Å². The molecule has 0 aliphatic carbocycles. The Hall–Kier alpha value is -0.313. The fraction of sp³-hybridized carbons (Fsp3) is 0.875. The Bertz CT molecular complexity index is 122. The van der Waals surface area contributed by atoms with Crippen LogP contribution in [0.2, 0.25) is 24.2 Å². The molecule has 0 radical (unpaired) electrons. The standard InChI is InChI=1S/C8H18O2Si/c1-4-11(5-2,6-3)7-8(9)10/h4-7H2,1-3H3,(H,9,10)/p-1. The minimum absolute atomic E-state index is 0.344. The molecule has 0 amide bonds. The Morgan fingerprint density at radius 2 is 1.55 bits per heavy atom. The summed E-state index contributed by atoms with van der Waals surface area (Å²) in [5, 5.41) is 10.4. The summed E-state index contributed by atoms with van der Waals surface area (Å²) >= 11 is 0. The minimum Gasteiger partial charge on any atom is -0.550 e. The fourth-order valence-corrected chi connectivity index (χ4v) is 4.29. The predicted octanol–water partition coefficient (Wildman–Crippen LogP) is 1.24. The van der Waals surface area contributed by atoms with Crippen molar-refractivity contribution in [2.75, 3.05) is 0 Å². The molecule has 0 aromatic carbocycles. The molecule has 0 bridgehead atoms. The van der Waals surface area contributed by atoms with E-state index in [9.17, 15) is 9.90 Å². The molecule has 0 heterocycles. The first kappa shape index (κ1) is 10.7. The zero-order valence-electron chi connectivity index (χ0n) is 7.64. The lowest BCUT2D eigenvalue weighted by molar-refractivity contribution is -0.302. The Kier molecular flexibility index (Phi) is 4.41. The maximum Gasteiger partial charge on any atom is 0.0585 e. The molecule has 11 heavy (non-hydrogen) atoms. The van der Waals surface area contributed by atoms with Crippen LogP contribution in [0.15, 0.2) is 0 Å². The summed E-state index contributed by atoms with van der Waals surface area (Å²) < 4.78 is 0. The van der Waals surface area contributed by atoms with Crippen molar-refractivity contribution >= 4 is 14.0 Å². The van der Waals surface area contributed by atoms with E-state index in [-0.39, 0.29) is 0 Å². The van der Waals surface area contributed by atoms with E-state index in [1.807, 2.05) is 0 Å². The van der Waals surface area contributed by atoms with Crippen LogP contribution < -0.4 is 5.11 Å². The third kappa shape index (κ3) is 3.06. The lowest BCUT2D eigenvalue weighted by Gasteiger charge is -2.28. The molecule has 3 heteroatoms. The van der Waals surface area contributed by atoms with Gasteiger partial charge in [-0.15, -0.1) is 0 Å². The van der Waals surface area contributed by atoms with Gasteiger partial charge in [0.05, 0.1) is 8.07 Å². The molecule has 0 rings (SSSR count). The van der Waals surface area contributed by atoms with Crippen LogP contribution in [0, 0.1) is 0 Å². The summed E-state index contributed by atoms with van der Waals surface area (Å²) in [6.45, 7) is 6.30. The van der Waals surface area contributed by atoms with Gasteiger partial charge < -0.3 is 9.90 Å². The smallest absolute Gasteiger partial charge is 0.0585 e. The SMILES string of the molecule is CC[Si](CC)(CC)CC(=O)[O-]. The average Bonchev–Trinajstić information content (AvgIpc) is 2.00. The number of rotatable bonds is 5. The topological polar surface area (TPSA) is 40.1 Å². The number of hydrogen-bond acceptors (Lipinski definition) is 2. The van der Waals surface area contributed by atoms with Crippen LogP contribution in [0.5, 0.6) is 0 Å². The van der Waals surface area contributed by atoms with E-state index in [1.165, 1.54) is 0 Å². The highest BCUT2D eigenvalue weighted by Crippen LogP contribution is 2.24. The van der Waals surface area contributed by atoms with Crippen molar-refractivity contribution in [3.05, 3.63) is 0 Å². The molecule has 0 saturated carbocycles. The van der Waals surface area contributed by atoms with Crippen LogP contribution >= 0.6 is 0 Å². The van der Waals surface area contributed by atoms with Crippen molar-refractivity contribution in [2.24, 2.45) is 0 Å². The first-order chi connectivity index (χ1) is 5.10. The van der Waals surface area contributed by atoms with Gasteiger partial charge in [0.1, 0.15) is 0 Å². The highest BCUT2D eigenvalue weighted by molar-refractivity contribution is 6.81. The van der Waals surface area contributed by atoms with E-state index in [1.54, 1.807) is 0 Å². The Labute approximate surface area is 69.6 Å². The normalized spacial score (nSPS) is 11.5. The molecule has 2 nitrogen and oxygen atoms in total. The lowest BCUT2D eigenvalue weighted by atomic mass is 10.8. The molecular weight excluding hydrogens is 156 g/mol. The van der Waals surface area contributed by atoms with E-state index in [4.69, 9.17) is 0 Å². The molecule has 0 atom stereocenters. The van der Waals surface area contributed by atoms with Gasteiger partial charge in [-0.2, -0.15) is 0 Å². The summed E-state index contributed by atoms with van der Waals surface area (Å²) in [5.41, 5.74) is 0. The summed E-state index contributed by atoms with van der Waals surface area (Å²) in [4.78, 5) is 10.4. The first-order valence-corrected chi connectivity index (χ1v) is 7.13. The van der Waals surface area contributed by atoms with Crippen LogP contribution in [-0.4, -0.2) is 14.0 Å². The van der Waals surface area contributed by atoms with Gasteiger partial charge in [0.2, 0.25) is 0 Å². The first-order valence-electron chi connectivity index (χ1n) is 4.30. The van der Waals surface area contributed by atoms with Gasteiger partial charge in [-0.3, -0.25) is 0 Å². The zero-order chi connectivity index (χ0) is 8.91. The quantitative estimate of drug-likeness (QED) is 0.587. The van der Waals surface area contributed by atoms with Gasteiger partial charge in [0.15, 0.2) is 0 Å². The van der Waals surface area contributed by atoms with Crippen molar-refractivity contribution in [3.8, 4) is 0 Å². The largest absolute Gasteiger partial charge is 0.550 e. The lowest BCUT2D eigenvalue weighted by Crippen LogP contribution is -2.39. The summed E-state index contributed by atoms with van der Waals surface area (Å²) in [7, 11) is -1.44. The number of carboxylic acids is 1. The molecule has 0 aromatic rings. The summed E-state index contributed by atoms with van der Waals surface area (Å²) in [6, 6.07) is 3.53. The second kappa shape index (κ2) is 4.54. The highest BCUT2D eigenvalue weighted by atomic mass is 28.3. The maximum absolute atomic E-state index is 10.4. The van der Waals surface area contributed by atoms with Crippen molar-refractivity contribution in [1.82, 2.24) is 0 Å². The number of carbonyl (C=O) groups excluding carboxylic acids is 1. The van der Waals surface area contributed by atoms with Crippen molar-refractivity contribution in [3.63, 3.8) is 0 Å². The monoisotopic (exact) mass is 173 g/mol. The molecule has 66 valence electrons. The van der Waals surface area contributed by atoms with E-state index >= 15 is 0 Å². The zero-order valence-corrected chi connectivity index (χ0v) is 8.64. The third-order valence-corrected chi connectivity index (χ3v) is 8.31. The maximum atomic E-state index is 10.4. The number of carbonyl (C=O) groups is 1. The van der Waals surface area contributed by atoms with Crippen LogP contribution in [0.1, 0.15) is 20.8 Å². The number of hydrogen-bond donors (Lipinski definition) is 0. The molecular formula is C8H17O2Si-. The molecule has 0 spiro atoms. The second-order valence-corrected chi connectivity index (χ2v) is 8.58. The summed E-state index contributed by atoms with van der Waals surface area (Å²) in [5.74, 6) is -0.859. The van der Waals surface area contributed by atoms with Gasteiger partial charge in [-0.1, -0.05) is 38.9 Å². The van der Waals surface area contributed by atoms with Gasteiger partial charge in [-0.25, -0.2) is 0 Å². The summed E-state index contributed by atoms with van der Waals surface area (Å²) in [6.07, 6.45) is 0.